The number of nitrogens with one attached hydrogen (secondary N) is 1. The summed E-state index contributed by atoms with van der Waals surface area (Å²) in [6.45, 7) is 9.25. The average molecular weight is 287 g/mol. The van der Waals surface area contributed by atoms with E-state index in [2.05, 4.69) is 54.1 Å². The number of fused-ring (bicyclic) bond motifs is 1. The van der Waals surface area contributed by atoms with Gasteiger partial charge in [0.2, 0.25) is 0 Å². The van der Waals surface area contributed by atoms with Gasteiger partial charge in [0, 0.05) is 25.0 Å². The number of aromatic nitrogens is 2. The van der Waals surface area contributed by atoms with Crippen LogP contribution < -0.4 is 0 Å². The number of aromatic amines is 1. The number of aliphatic hydroxyl groups is 1. The number of hydrogen-bond acceptors (Lipinski definition) is 3. The molecule has 0 spiro atoms. The zero-order chi connectivity index (χ0) is 15.1. The topological polar surface area (TPSA) is 52.1 Å². The lowest BCUT2D eigenvalue weighted by Gasteiger charge is -2.46. The van der Waals surface area contributed by atoms with E-state index in [4.69, 9.17) is 0 Å². The first-order valence-corrected chi connectivity index (χ1v) is 7.74. The molecule has 4 heteroatoms. The summed E-state index contributed by atoms with van der Waals surface area (Å²) in [5.41, 5.74) is 1.81. The SMILES string of the molecule is CC(C)(C)C1(O)CCN(Cc2ccc3cn[nH]c3c2)CC1. The molecule has 0 atom stereocenters. The van der Waals surface area contributed by atoms with E-state index in [1.165, 1.54) is 5.56 Å². The Morgan fingerprint density at radius 1 is 1.29 bits per heavy atom. The third kappa shape index (κ3) is 2.83. The summed E-state index contributed by atoms with van der Waals surface area (Å²) in [5.74, 6) is 0. The van der Waals surface area contributed by atoms with Crippen molar-refractivity contribution >= 4 is 10.9 Å². The van der Waals surface area contributed by atoms with Gasteiger partial charge >= 0.3 is 0 Å². The predicted octanol–water partition coefficient (Wildman–Crippen LogP) is 2.94. The summed E-state index contributed by atoms with van der Waals surface area (Å²) in [6.07, 6.45) is 3.55. The van der Waals surface area contributed by atoms with E-state index in [-0.39, 0.29) is 5.41 Å². The first kappa shape index (κ1) is 14.5. The number of rotatable bonds is 2. The number of nitrogens with zero attached hydrogens (tertiary/aromatic N) is 2. The van der Waals surface area contributed by atoms with Crippen LogP contribution in [0.15, 0.2) is 24.4 Å². The molecule has 0 radical (unpaired) electrons. The third-order valence-corrected chi connectivity index (χ3v) is 4.99. The van der Waals surface area contributed by atoms with Crippen molar-refractivity contribution in [1.29, 1.82) is 0 Å². The Morgan fingerprint density at radius 2 is 2.00 bits per heavy atom. The molecule has 1 aliphatic heterocycles. The standard InChI is InChI=1S/C17H25N3O/c1-16(2,3)17(21)6-8-20(9-7-17)12-13-4-5-14-11-18-19-15(14)10-13/h4-5,10-11,21H,6-9,12H2,1-3H3,(H,18,19). The van der Waals surface area contributed by atoms with Gasteiger partial charge in [-0.2, -0.15) is 5.10 Å². The smallest absolute Gasteiger partial charge is 0.0720 e. The summed E-state index contributed by atoms with van der Waals surface area (Å²) in [4.78, 5) is 2.43. The molecule has 1 aromatic carbocycles. The molecule has 0 saturated carbocycles. The summed E-state index contributed by atoms with van der Waals surface area (Å²) in [6, 6.07) is 6.46. The maximum atomic E-state index is 10.8. The number of likely N-dealkylation sites (tertiary alicyclic amines) is 1. The lowest BCUT2D eigenvalue weighted by atomic mass is 9.71. The van der Waals surface area contributed by atoms with Crippen molar-refractivity contribution in [1.82, 2.24) is 15.1 Å². The minimum Gasteiger partial charge on any atom is -0.389 e. The average Bonchev–Trinajstić information content (AvgIpc) is 2.88. The molecule has 1 aliphatic rings. The number of hydrogen-bond donors (Lipinski definition) is 2. The largest absolute Gasteiger partial charge is 0.389 e. The zero-order valence-electron chi connectivity index (χ0n) is 13.2. The van der Waals surface area contributed by atoms with Gasteiger partial charge in [-0.05, 0) is 29.9 Å². The van der Waals surface area contributed by atoms with Crippen LogP contribution in [0.2, 0.25) is 0 Å². The molecule has 2 aromatic rings. The van der Waals surface area contributed by atoms with Gasteiger partial charge in [0.05, 0.1) is 17.3 Å². The number of piperidine rings is 1. The molecule has 0 aliphatic carbocycles. The van der Waals surface area contributed by atoms with Crippen molar-refractivity contribution in [2.75, 3.05) is 13.1 Å². The van der Waals surface area contributed by atoms with Crippen molar-refractivity contribution in [3.63, 3.8) is 0 Å². The Balaban J connectivity index is 1.65. The fourth-order valence-electron chi connectivity index (χ4n) is 3.17. The van der Waals surface area contributed by atoms with Crippen LogP contribution in [0.25, 0.3) is 10.9 Å². The van der Waals surface area contributed by atoms with Crippen molar-refractivity contribution in [3.05, 3.63) is 30.0 Å². The predicted molar refractivity (Wildman–Crippen MR) is 85.0 cm³/mol. The van der Waals surface area contributed by atoms with E-state index in [9.17, 15) is 5.11 Å². The molecule has 0 unspecified atom stereocenters. The van der Waals surface area contributed by atoms with E-state index < -0.39 is 5.60 Å². The van der Waals surface area contributed by atoms with E-state index in [0.717, 1.165) is 43.4 Å². The summed E-state index contributed by atoms with van der Waals surface area (Å²) < 4.78 is 0. The van der Waals surface area contributed by atoms with Gasteiger partial charge < -0.3 is 5.11 Å². The second-order valence-corrected chi connectivity index (χ2v) is 7.35. The van der Waals surface area contributed by atoms with Crippen LogP contribution in [0.4, 0.5) is 0 Å². The van der Waals surface area contributed by atoms with Gasteiger partial charge in [0.1, 0.15) is 0 Å². The summed E-state index contributed by atoms with van der Waals surface area (Å²) in [7, 11) is 0. The highest BCUT2D eigenvalue weighted by Crippen LogP contribution is 2.38. The fraction of sp³-hybridized carbons (Fsp3) is 0.588. The van der Waals surface area contributed by atoms with Crippen LogP contribution in [0.1, 0.15) is 39.2 Å². The molecule has 1 aromatic heterocycles. The van der Waals surface area contributed by atoms with Crippen molar-refractivity contribution in [2.24, 2.45) is 5.41 Å². The second-order valence-electron chi connectivity index (χ2n) is 7.35. The van der Waals surface area contributed by atoms with Gasteiger partial charge in [-0.3, -0.25) is 10.00 Å². The van der Waals surface area contributed by atoms with Crippen molar-refractivity contribution in [2.45, 2.75) is 45.8 Å². The lowest BCUT2D eigenvalue weighted by Crippen LogP contribution is -2.51. The van der Waals surface area contributed by atoms with Crippen LogP contribution in [0.3, 0.4) is 0 Å². The number of H-pyrrole nitrogens is 1. The minimum absolute atomic E-state index is 0.0477. The van der Waals surface area contributed by atoms with Crippen LogP contribution in [-0.4, -0.2) is 38.9 Å². The maximum absolute atomic E-state index is 10.8. The number of benzene rings is 1. The van der Waals surface area contributed by atoms with E-state index in [1.54, 1.807) is 0 Å². The Morgan fingerprint density at radius 3 is 2.67 bits per heavy atom. The van der Waals surface area contributed by atoms with Crippen LogP contribution in [-0.2, 0) is 6.54 Å². The Hall–Kier alpha value is -1.39. The van der Waals surface area contributed by atoms with Crippen molar-refractivity contribution < 1.29 is 5.11 Å². The molecule has 0 amide bonds. The molecular formula is C17H25N3O. The van der Waals surface area contributed by atoms with E-state index in [0.29, 0.717) is 0 Å². The molecule has 3 rings (SSSR count). The molecule has 1 fully saturated rings. The van der Waals surface area contributed by atoms with Crippen molar-refractivity contribution in [3.8, 4) is 0 Å². The lowest BCUT2D eigenvalue weighted by molar-refractivity contribution is -0.0999. The first-order chi connectivity index (χ1) is 9.87. The van der Waals surface area contributed by atoms with E-state index in [1.807, 2.05) is 6.20 Å². The Labute approximate surface area is 126 Å². The van der Waals surface area contributed by atoms with E-state index >= 15 is 0 Å². The highest BCUT2D eigenvalue weighted by Gasteiger charge is 2.42. The Kier molecular flexibility index (Phi) is 3.54. The van der Waals surface area contributed by atoms with Gasteiger partial charge in [0.15, 0.2) is 0 Å². The first-order valence-electron chi connectivity index (χ1n) is 7.74. The van der Waals surface area contributed by atoms with Gasteiger partial charge in [-0.1, -0.05) is 32.9 Å². The minimum atomic E-state index is -0.531. The van der Waals surface area contributed by atoms with Gasteiger partial charge in [-0.15, -0.1) is 0 Å². The molecule has 2 heterocycles. The fourth-order valence-corrected chi connectivity index (χ4v) is 3.17. The monoisotopic (exact) mass is 287 g/mol. The highest BCUT2D eigenvalue weighted by atomic mass is 16.3. The van der Waals surface area contributed by atoms with Gasteiger partial charge in [-0.25, -0.2) is 0 Å². The van der Waals surface area contributed by atoms with Crippen LogP contribution >= 0.6 is 0 Å². The molecular weight excluding hydrogens is 262 g/mol. The highest BCUT2D eigenvalue weighted by molar-refractivity contribution is 5.78. The molecule has 114 valence electrons. The molecule has 4 nitrogen and oxygen atoms in total. The third-order valence-electron chi connectivity index (χ3n) is 4.99. The zero-order valence-corrected chi connectivity index (χ0v) is 13.2. The Bertz CT molecular complexity index is 618. The molecule has 21 heavy (non-hydrogen) atoms. The van der Waals surface area contributed by atoms with Crippen LogP contribution in [0.5, 0.6) is 0 Å². The summed E-state index contributed by atoms with van der Waals surface area (Å²) in [5, 5.41) is 19.0. The normalized spacial score (nSPS) is 20.0. The molecule has 1 saturated heterocycles. The maximum Gasteiger partial charge on any atom is 0.0720 e. The molecule has 2 N–H and O–H groups in total. The van der Waals surface area contributed by atoms with Gasteiger partial charge in [0.25, 0.3) is 0 Å². The van der Waals surface area contributed by atoms with Crippen LogP contribution in [0, 0.1) is 5.41 Å². The quantitative estimate of drug-likeness (QED) is 0.893. The second kappa shape index (κ2) is 5.11. The summed E-state index contributed by atoms with van der Waals surface area (Å²) >= 11 is 0. The molecule has 0 bridgehead atoms.